The van der Waals surface area contributed by atoms with E-state index in [-0.39, 0.29) is 12.3 Å². The molecule has 3 N–H and O–H groups in total. The minimum atomic E-state index is -0.485. The molecule has 0 radical (unpaired) electrons. The fraction of sp³-hybridized carbons (Fsp3) is 0.269. The van der Waals surface area contributed by atoms with Gasteiger partial charge in [-0.1, -0.05) is 30.3 Å². The van der Waals surface area contributed by atoms with E-state index in [1.165, 1.54) is 0 Å². The lowest BCUT2D eigenvalue weighted by Crippen LogP contribution is -2.43. The maximum atomic E-state index is 12.6. The lowest BCUT2D eigenvalue weighted by Gasteiger charge is -2.29. The standard InChI is InChI=1S/C26H29N5O2/c1-3-33-26(32)23-17-22(19-9-11-21(12-10-19)31-15-13-28-14-16-31)24(18(2)27)25(30-23)29-20-7-5-4-6-8-20/h4-12,17,27-28H,3,13-16H2,1-2H3,(H,29,30). The number of piperazine rings is 1. The molecule has 0 bridgehead atoms. The summed E-state index contributed by atoms with van der Waals surface area (Å²) in [6, 6.07) is 19.6. The van der Waals surface area contributed by atoms with Crippen molar-refractivity contribution in [2.24, 2.45) is 0 Å². The molecular formula is C26H29N5O2. The Kier molecular flexibility index (Phi) is 7.00. The molecule has 1 aliphatic heterocycles. The molecule has 0 spiro atoms. The van der Waals surface area contributed by atoms with Crippen LogP contribution in [0, 0.1) is 5.41 Å². The van der Waals surface area contributed by atoms with Crippen molar-refractivity contribution >= 4 is 28.9 Å². The largest absolute Gasteiger partial charge is 0.461 e. The fourth-order valence-electron chi connectivity index (χ4n) is 3.99. The van der Waals surface area contributed by atoms with E-state index in [1.807, 2.05) is 42.5 Å². The van der Waals surface area contributed by atoms with Crippen LogP contribution >= 0.6 is 0 Å². The second-order valence-corrected chi connectivity index (χ2v) is 7.90. The van der Waals surface area contributed by atoms with E-state index in [0.29, 0.717) is 17.1 Å². The van der Waals surface area contributed by atoms with Gasteiger partial charge in [-0.2, -0.15) is 0 Å². The fourth-order valence-corrected chi connectivity index (χ4v) is 3.99. The number of hydrogen-bond donors (Lipinski definition) is 3. The van der Waals surface area contributed by atoms with Crippen molar-refractivity contribution < 1.29 is 9.53 Å². The maximum absolute atomic E-state index is 12.6. The van der Waals surface area contributed by atoms with Crippen LogP contribution in [0.3, 0.4) is 0 Å². The number of rotatable bonds is 7. The van der Waals surface area contributed by atoms with Crippen molar-refractivity contribution in [2.45, 2.75) is 13.8 Å². The predicted octanol–water partition coefficient (Wildman–Crippen LogP) is 4.47. The molecule has 2 heterocycles. The maximum Gasteiger partial charge on any atom is 0.357 e. The van der Waals surface area contributed by atoms with E-state index in [2.05, 4.69) is 32.7 Å². The Labute approximate surface area is 194 Å². The molecule has 170 valence electrons. The van der Waals surface area contributed by atoms with Gasteiger partial charge in [0.1, 0.15) is 5.82 Å². The molecule has 4 rings (SSSR count). The van der Waals surface area contributed by atoms with Crippen LogP contribution in [0.5, 0.6) is 0 Å². The SMILES string of the molecule is CCOC(=O)c1cc(-c2ccc(N3CCNCC3)cc2)c(C(C)=N)c(Nc2ccccc2)n1. The molecule has 2 aromatic carbocycles. The van der Waals surface area contributed by atoms with Crippen molar-refractivity contribution in [3.8, 4) is 11.1 Å². The number of nitrogens with one attached hydrogen (secondary N) is 3. The monoisotopic (exact) mass is 443 g/mol. The summed E-state index contributed by atoms with van der Waals surface area (Å²) in [6.07, 6.45) is 0. The number of anilines is 3. The zero-order valence-electron chi connectivity index (χ0n) is 19.0. The Morgan fingerprint density at radius 1 is 1.12 bits per heavy atom. The first-order valence-electron chi connectivity index (χ1n) is 11.2. The molecule has 0 saturated carbocycles. The third-order valence-corrected chi connectivity index (χ3v) is 5.58. The van der Waals surface area contributed by atoms with Crippen LogP contribution in [0.25, 0.3) is 11.1 Å². The predicted molar refractivity (Wildman–Crippen MR) is 133 cm³/mol. The molecule has 1 aromatic heterocycles. The first kappa shape index (κ1) is 22.5. The Morgan fingerprint density at radius 2 is 1.82 bits per heavy atom. The first-order valence-corrected chi connectivity index (χ1v) is 11.2. The van der Waals surface area contributed by atoms with Crippen LogP contribution in [0.15, 0.2) is 60.7 Å². The number of para-hydroxylation sites is 1. The van der Waals surface area contributed by atoms with Crippen LogP contribution in [-0.2, 0) is 4.74 Å². The van der Waals surface area contributed by atoms with Gasteiger partial charge in [0.25, 0.3) is 0 Å². The smallest absolute Gasteiger partial charge is 0.357 e. The zero-order chi connectivity index (χ0) is 23.2. The number of nitrogens with zero attached hydrogens (tertiary/aromatic N) is 2. The highest BCUT2D eigenvalue weighted by Crippen LogP contribution is 2.33. The summed E-state index contributed by atoms with van der Waals surface area (Å²) in [5.74, 6) is -0.0260. The summed E-state index contributed by atoms with van der Waals surface area (Å²) >= 11 is 0. The molecule has 7 nitrogen and oxygen atoms in total. The molecule has 0 unspecified atom stereocenters. The second kappa shape index (κ2) is 10.3. The van der Waals surface area contributed by atoms with Crippen molar-refractivity contribution in [2.75, 3.05) is 43.0 Å². The molecule has 0 aliphatic carbocycles. The van der Waals surface area contributed by atoms with E-state index in [9.17, 15) is 4.79 Å². The second-order valence-electron chi connectivity index (χ2n) is 7.90. The van der Waals surface area contributed by atoms with E-state index < -0.39 is 5.97 Å². The summed E-state index contributed by atoms with van der Waals surface area (Å²) in [4.78, 5) is 19.5. The van der Waals surface area contributed by atoms with Gasteiger partial charge in [0.2, 0.25) is 0 Å². The van der Waals surface area contributed by atoms with Gasteiger partial charge in [0, 0.05) is 48.8 Å². The molecule has 7 heteroatoms. The number of hydrogen-bond acceptors (Lipinski definition) is 7. The summed E-state index contributed by atoms with van der Waals surface area (Å²) in [5, 5.41) is 15.1. The van der Waals surface area contributed by atoms with Gasteiger partial charge < -0.3 is 25.7 Å². The number of aromatic nitrogens is 1. The Morgan fingerprint density at radius 3 is 2.45 bits per heavy atom. The van der Waals surface area contributed by atoms with Crippen molar-refractivity contribution in [3.05, 3.63) is 71.9 Å². The highest BCUT2D eigenvalue weighted by atomic mass is 16.5. The van der Waals surface area contributed by atoms with Crippen molar-refractivity contribution in [1.82, 2.24) is 10.3 Å². The van der Waals surface area contributed by atoms with Gasteiger partial charge in [0.15, 0.2) is 5.69 Å². The normalized spacial score (nSPS) is 13.5. The number of carbonyl (C=O) groups excluding carboxylic acids is 1. The Hall–Kier alpha value is -3.71. The highest BCUT2D eigenvalue weighted by molar-refractivity contribution is 6.08. The lowest BCUT2D eigenvalue weighted by molar-refractivity contribution is 0.0519. The van der Waals surface area contributed by atoms with Gasteiger partial charge in [0.05, 0.1) is 6.61 Å². The van der Waals surface area contributed by atoms with Gasteiger partial charge in [-0.15, -0.1) is 0 Å². The van der Waals surface area contributed by atoms with E-state index in [4.69, 9.17) is 10.1 Å². The van der Waals surface area contributed by atoms with Crippen LogP contribution in [0.2, 0.25) is 0 Å². The van der Waals surface area contributed by atoms with Gasteiger partial charge >= 0.3 is 5.97 Å². The van der Waals surface area contributed by atoms with E-state index >= 15 is 0 Å². The number of benzene rings is 2. The number of pyridine rings is 1. The topological polar surface area (TPSA) is 90.3 Å². The molecule has 1 fully saturated rings. The third-order valence-electron chi connectivity index (χ3n) is 5.58. The quantitative estimate of drug-likeness (QED) is 0.369. The average molecular weight is 444 g/mol. The summed E-state index contributed by atoms with van der Waals surface area (Å²) in [7, 11) is 0. The van der Waals surface area contributed by atoms with Gasteiger partial charge in [-0.3, -0.25) is 0 Å². The summed E-state index contributed by atoms with van der Waals surface area (Å²) < 4.78 is 5.23. The Balaban J connectivity index is 1.79. The minimum Gasteiger partial charge on any atom is -0.461 e. The molecule has 0 amide bonds. The molecular weight excluding hydrogens is 414 g/mol. The third kappa shape index (κ3) is 5.21. The Bertz CT molecular complexity index is 1120. The molecule has 1 aliphatic rings. The summed E-state index contributed by atoms with van der Waals surface area (Å²) in [6.45, 7) is 7.65. The number of esters is 1. The highest BCUT2D eigenvalue weighted by Gasteiger charge is 2.20. The summed E-state index contributed by atoms with van der Waals surface area (Å²) in [5.41, 5.74) is 4.90. The molecule has 33 heavy (non-hydrogen) atoms. The number of ether oxygens (including phenoxy) is 1. The first-order chi connectivity index (χ1) is 16.1. The van der Waals surface area contributed by atoms with Gasteiger partial charge in [-0.25, -0.2) is 9.78 Å². The van der Waals surface area contributed by atoms with E-state index in [0.717, 1.165) is 48.7 Å². The van der Waals surface area contributed by atoms with Crippen LogP contribution in [0.4, 0.5) is 17.2 Å². The lowest BCUT2D eigenvalue weighted by atomic mass is 9.96. The minimum absolute atomic E-state index is 0.210. The van der Waals surface area contributed by atoms with Crippen LogP contribution < -0.4 is 15.5 Å². The van der Waals surface area contributed by atoms with E-state index in [1.54, 1.807) is 19.9 Å². The molecule has 3 aromatic rings. The molecule has 1 saturated heterocycles. The van der Waals surface area contributed by atoms with Gasteiger partial charge in [-0.05, 0) is 55.3 Å². The average Bonchev–Trinajstić information content (AvgIpc) is 2.85. The van der Waals surface area contributed by atoms with Crippen LogP contribution in [-0.4, -0.2) is 49.5 Å². The van der Waals surface area contributed by atoms with Crippen molar-refractivity contribution in [1.29, 1.82) is 5.41 Å². The molecule has 0 atom stereocenters. The van der Waals surface area contributed by atoms with Crippen molar-refractivity contribution in [3.63, 3.8) is 0 Å². The number of carbonyl (C=O) groups is 1. The zero-order valence-corrected chi connectivity index (χ0v) is 19.0. The van der Waals surface area contributed by atoms with Crippen LogP contribution in [0.1, 0.15) is 29.9 Å².